The van der Waals surface area contributed by atoms with Crippen LogP contribution in [0.4, 0.5) is 11.4 Å². The summed E-state index contributed by atoms with van der Waals surface area (Å²) in [7, 11) is 0. The van der Waals surface area contributed by atoms with E-state index in [4.69, 9.17) is 21.9 Å². The van der Waals surface area contributed by atoms with Gasteiger partial charge < -0.3 is 24.4 Å². The van der Waals surface area contributed by atoms with Gasteiger partial charge in [-0.05, 0) is 87.9 Å². The highest BCUT2D eigenvalue weighted by molar-refractivity contribution is 7.80. The first-order valence-electron chi connectivity index (χ1n) is 12.1. The van der Waals surface area contributed by atoms with Gasteiger partial charge in [0.05, 0.1) is 31.0 Å². The van der Waals surface area contributed by atoms with Gasteiger partial charge in [0.25, 0.3) is 0 Å². The Balaban J connectivity index is 1.56. The minimum Gasteiger partial charge on any atom is -0.378 e. The van der Waals surface area contributed by atoms with E-state index < -0.39 is 0 Å². The number of morpholine rings is 1. The van der Waals surface area contributed by atoms with Crippen LogP contribution in [0.2, 0.25) is 0 Å². The number of aromatic nitrogens is 2. The van der Waals surface area contributed by atoms with E-state index in [0.717, 1.165) is 42.8 Å². The Hall–Kier alpha value is -2.90. The van der Waals surface area contributed by atoms with Crippen LogP contribution in [-0.4, -0.2) is 41.0 Å². The van der Waals surface area contributed by atoms with Crippen molar-refractivity contribution < 1.29 is 4.74 Å². The Bertz CT molecular complexity index is 1150. The Labute approximate surface area is 207 Å². The van der Waals surface area contributed by atoms with Crippen molar-refractivity contribution in [2.45, 2.75) is 45.8 Å². The molecule has 0 bridgehead atoms. The molecular formula is C27H33N5OS. The number of hydrogen-bond donors (Lipinski definition) is 1. The first-order chi connectivity index (χ1) is 16.5. The molecule has 0 amide bonds. The second-order valence-electron chi connectivity index (χ2n) is 9.40. The molecule has 2 aliphatic rings. The number of ether oxygens (including phenoxy) is 1. The molecule has 0 saturated carbocycles. The lowest BCUT2D eigenvalue weighted by atomic mass is 9.96. The molecule has 2 aliphatic heterocycles. The van der Waals surface area contributed by atoms with Gasteiger partial charge in [-0.3, -0.25) is 4.98 Å². The predicted molar refractivity (Wildman–Crippen MR) is 142 cm³/mol. The summed E-state index contributed by atoms with van der Waals surface area (Å²) in [4.78, 5) is 9.34. The van der Waals surface area contributed by atoms with Gasteiger partial charge in [0.1, 0.15) is 0 Å². The summed E-state index contributed by atoms with van der Waals surface area (Å²) < 4.78 is 7.92. The summed E-state index contributed by atoms with van der Waals surface area (Å²) in [6, 6.07) is 17.6. The van der Waals surface area contributed by atoms with E-state index in [1.54, 1.807) is 0 Å². The van der Waals surface area contributed by atoms with Gasteiger partial charge >= 0.3 is 0 Å². The molecule has 7 heteroatoms. The lowest BCUT2D eigenvalue weighted by Gasteiger charge is -2.31. The number of benzene rings is 1. The monoisotopic (exact) mass is 475 g/mol. The van der Waals surface area contributed by atoms with Gasteiger partial charge in [-0.2, -0.15) is 0 Å². The van der Waals surface area contributed by atoms with Gasteiger partial charge in [0.15, 0.2) is 5.11 Å². The quantitative estimate of drug-likeness (QED) is 0.519. The zero-order chi connectivity index (χ0) is 23.8. The summed E-state index contributed by atoms with van der Waals surface area (Å²) in [6.45, 7) is 12.3. The second kappa shape index (κ2) is 9.39. The fourth-order valence-electron chi connectivity index (χ4n) is 5.49. The molecule has 0 spiro atoms. The summed E-state index contributed by atoms with van der Waals surface area (Å²) >= 11 is 5.92. The van der Waals surface area contributed by atoms with E-state index in [0.29, 0.717) is 6.04 Å². The zero-order valence-electron chi connectivity index (χ0n) is 20.4. The minimum absolute atomic E-state index is 0.00957. The number of thiocarbonyl (C=S) groups is 1. The van der Waals surface area contributed by atoms with Crippen LogP contribution in [0.3, 0.4) is 0 Å². The molecule has 178 valence electrons. The minimum atomic E-state index is -0.0336. The smallest absolute Gasteiger partial charge is 0.174 e. The van der Waals surface area contributed by atoms with Crippen LogP contribution >= 0.6 is 12.2 Å². The van der Waals surface area contributed by atoms with E-state index >= 15 is 0 Å². The van der Waals surface area contributed by atoms with Gasteiger partial charge in [0.2, 0.25) is 0 Å². The van der Waals surface area contributed by atoms with Crippen molar-refractivity contribution in [3.63, 3.8) is 0 Å². The molecule has 2 unspecified atom stereocenters. The third kappa shape index (κ3) is 4.07. The average Bonchev–Trinajstić information content (AvgIpc) is 3.35. The Kier molecular flexibility index (Phi) is 6.32. The third-order valence-electron chi connectivity index (χ3n) is 6.96. The number of nitrogens with zero attached hydrogens (tertiary/aromatic N) is 4. The molecule has 1 N–H and O–H groups in total. The van der Waals surface area contributed by atoms with Gasteiger partial charge in [-0.25, -0.2) is 0 Å². The van der Waals surface area contributed by atoms with Gasteiger partial charge in [-0.1, -0.05) is 6.07 Å². The molecule has 0 aliphatic carbocycles. The number of pyridine rings is 1. The van der Waals surface area contributed by atoms with Crippen LogP contribution in [0.5, 0.6) is 0 Å². The molecule has 3 aromatic rings. The van der Waals surface area contributed by atoms with E-state index in [-0.39, 0.29) is 12.1 Å². The SMILES string of the molecule is Cc1cc(C2C(c3ccccn3)NC(=S)N2c2ccc(N3CCOCC3)cc2)c(C)n1C(C)C. The van der Waals surface area contributed by atoms with E-state index in [2.05, 4.69) is 83.8 Å². The molecule has 4 heterocycles. The predicted octanol–water partition coefficient (Wildman–Crippen LogP) is 5.09. The highest BCUT2D eigenvalue weighted by Crippen LogP contribution is 2.44. The lowest BCUT2D eigenvalue weighted by Crippen LogP contribution is -2.36. The van der Waals surface area contributed by atoms with Crippen LogP contribution < -0.4 is 15.1 Å². The average molecular weight is 476 g/mol. The van der Waals surface area contributed by atoms with Crippen molar-refractivity contribution in [3.8, 4) is 0 Å². The molecular weight excluding hydrogens is 442 g/mol. The molecule has 34 heavy (non-hydrogen) atoms. The molecule has 0 radical (unpaired) electrons. The first kappa shape index (κ1) is 22.9. The van der Waals surface area contributed by atoms with Crippen molar-refractivity contribution in [2.24, 2.45) is 0 Å². The largest absolute Gasteiger partial charge is 0.378 e. The lowest BCUT2D eigenvalue weighted by molar-refractivity contribution is 0.122. The molecule has 2 saturated heterocycles. The number of hydrogen-bond acceptors (Lipinski definition) is 4. The van der Waals surface area contributed by atoms with Gasteiger partial charge in [-0.15, -0.1) is 0 Å². The maximum Gasteiger partial charge on any atom is 0.174 e. The first-order valence-corrected chi connectivity index (χ1v) is 12.5. The highest BCUT2D eigenvalue weighted by atomic mass is 32.1. The van der Waals surface area contributed by atoms with E-state index in [1.807, 2.05) is 18.3 Å². The number of rotatable bonds is 5. The molecule has 1 aromatic carbocycles. The number of anilines is 2. The van der Waals surface area contributed by atoms with Crippen molar-refractivity contribution in [1.82, 2.24) is 14.9 Å². The van der Waals surface area contributed by atoms with Crippen LogP contribution in [0.1, 0.15) is 54.6 Å². The normalized spacial score (nSPS) is 20.8. The van der Waals surface area contributed by atoms with Crippen molar-refractivity contribution in [3.05, 3.63) is 77.4 Å². The van der Waals surface area contributed by atoms with Gasteiger partial charge in [0, 0.05) is 48.1 Å². The number of aryl methyl sites for hydroxylation is 1. The van der Waals surface area contributed by atoms with Crippen molar-refractivity contribution >= 4 is 28.7 Å². The molecule has 6 nitrogen and oxygen atoms in total. The fourth-order valence-corrected chi connectivity index (χ4v) is 5.84. The zero-order valence-corrected chi connectivity index (χ0v) is 21.2. The van der Waals surface area contributed by atoms with E-state index in [1.165, 1.54) is 22.6 Å². The van der Waals surface area contributed by atoms with Crippen LogP contribution in [0, 0.1) is 13.8 Å². The fraction of sp³-hybridized carbons (Fsp3) is 0.407. The summed E-state index contributed by atoms with van der Waals surface area (Å²) in [5.41, 5.74) is 7.14. The molecule has 2 fully saturated rings. The highest BCUT2D eigenvalue weighted by Gasteiger charge is 2.42. The maximum atomic E-state index is 5.92. The van der Waals surface area contributed by atoms with Crippen molar-refractivity contribution in [1.29, 1.82) is 0 Å². The van der Waals surface area contributed by atoms with Crippen LogP contribution in [-0.2, 0) is 4.74 Å². The van der Waals surface area contributed by atoms with E-state index in [9.17, 15) is 0 Å². The summed E-state index contributed by atoms with van der Waals surface area (Å²) in [5, 5.41) is 4.32. The molecule has 5 rings (SSSR count). The Morgan fingerprint density at radius 1 is 1.03 bits per heavy atom. The second-order valence-corrected chi connectivity index (χ2v) is 9.79. The Morgan fingerprint density at radius 3 is 2.35 bits per heavy atom. The maximum absolute atomic E-state index is 5.92. The molecule has 2 aromatic heterocycles. The summed E-state index contributed by atoms with van der Waals surface area (Å²) in [5.74, 6) is 0. The van der Waals surface area contributed by atoms with Crippen molar-refractivity contribution in [2.75, 3.05) is 36.1 Å². The van der Waals surface area contributed by atoms with Crippen LogP contribution in [0.25, 0.3) is 0 Å². The third-order valence-corrected chi connectivity index (χ3v) is 7.28. The number of nitrogens with one attached hydrogen (secondary N) is 1. The topological polar surface area (TPSA) is 45.6 Å². The Morgan fingerprint density at radius 2 is 1.74 bits per heavy atom. The van der Waals surface area contributed by atoms with Crippen LogP contribution in [0.15, 0.2) is 54.7 Å². The standard InChI is InChI=1S/C27H33N5OS/c1-18(2)31-19(3)17-23(20(31)4)26-25(24-7-5-6-12-28-24)29-27(34)32(26)22-10-8-21(9-11-22)30-13-15-33-16-14-30/h5-12,17-18,25-26H,13-16H2,1-4H3,(H,29,34). The summed E-state index contributed by atoms with van der Waals surface area (Å²) in [6.07, 6.45) is 1.86. The molecule has 2 atom stereocenters.